The second-order valence-corrected chi connectivity index (χ2v) is 7.52. The molecule has 0 N–H and O–H groups in total. The van der Waals surface area contributed by atoms with Crippen molar-refractivity contribution in [2.24, 2.45) is 12.5 Å². The van der Waals surface area contributed by atoms with Gasteiger partial charge in [0.15, 0.2) is 0 Å². The average Bonchev–Trinajstić information content (AvgIpc) is 3.28. The van der Waals surface area contributed by atoms with Crippen LogP contribution in [-0.2, 0) is 18.4 Å². The van der Waals surface area contributed by atoms with Gasteiger partial charge in [-0.05, 0) is 31.4 Å². The molecule has 1 aromatic heterocycles. The summed E-state index contributed by atoms with van der Waals surface area (Å²) in [6.07, 6.45) is 3.90. The summed E-state index contributed by atoms with van der Waals surface area (Å²) in [6, 6.07) is 8.27. The van der Waals surface area contributed by atoms with Crippen molar-refractivity contribution in [1.82, 2.24) is 19.6 Å². The Labute approximate surface area is 157 Å². The van der Waals surface area contributed by atoms with Crippen LogP contribution in [0, 0.1) is 11.2 Å². The maximum atomic E-state index is 14.0. The van der Waals surface area contributed by atoms with Crippen LogP contribution in [0.25, 0.3) is 0 Å². The van der Waals surface area contributed by atoms with Gasteiger partial charge in [-0.1, -0.05) is 18.2 Å². The summed E-state index contributed by atoms with van der Waals surface area (Å²) in [5.41, 5.74) is 0.514. The van der Waals surface area contributed by atoms with Crippen LogP contribution in [0.3, 0.4) is 0 Å². The highest BCUT2D eigenvalue weighted by molar-refractivity contribution is 5.94. The van der Waals surface area contributed by atoms with Gasteiger partial charge >= 0.3 is 0 Å². The van der Waals surface area contributed by atoms with Crippen LogP contribution < -0.4 is 0 Å². The minimum absolute atomic E-state index is 0.0392. The summed E-state index contributed by atoms with van der Waals surface area (Å²) in [7, 11) is 1.74. The Morgan fingerprint density at radius 2 is 2.04 bits per heavy atom. The largest absolute Gasteiger partial charge is 0.338 e. The van der Waals surface area contributed by atoms with Gasteiger partial charge in [0.25, 0.3) is 5.91 Å². The molecular weight excluding hydrogens is 347 g/mol. The van der Waals surface area contributed by atoms with Gasteiger partial charge in [0.1, 0.15) is 11.5 Å². The molecule has 1 atom stereocenters. The van der Waals surface area contributed by atoms with Crippen molar-refractivity contribution < 1.29 is 14.0 Å². The fourth-order valence-electron chi connectivity index (χ4n) is 4.31. The Morgan fingerprint density at radius 3 is 2.78 bits per heavy atom. The molecule has 2 aliphatic rings. The third-order valence-electron chi connectivity index (χ3n) is 5.82. The summed E-state index contributed by atoms with van der Waals surface area (Å²) in [4.78, 5) is 29.5. The standard InChI is InChI=1S/C20H23FN4O2/c1-23-17(7-10-22-23)18(26)25-12-9-20(14-25)8-4-11-24(19(20)27)13-15-5-2-3-6-16(15)21/h2-3,5-7,10H,4,8-9,11-14H2,1H3/t20-/m0/s1. The number of amides is 2. The molecule has 0 radical (unpaired) electrons. The first-order valence-corrected chi connectivity index (χ1v) is 9.30. The van der Waals surface area contributed by atoms with Gasteiger partial charge in [-0.3, -0.25) is 14.3 Å². The van der Waals surface area contributed by atoms with Gasteiger partial charge in [0.05, 0.1) is 5.41 Å². The molecule has 27 heavy (non-hydrogen) atoms. The molecule has 2 aliphatic heterocycles. The minimum atomic E-state index is -0.544. The maximum Gasteiger partial charge on any atom is 0.272 e. The molecular formula is C20H23FN4O2. The summed E-state index contributed by atoms with van der Waals surface area (Å²) in [5.74, 6) is -0.340. The van der Waals surface area contributed by atoms with Gasteiger partial charge in [-0.2, -0.15) is 5.10 Å². The van der Waals surface area contributed by atoms with Crippen molar-refractivity contribution in [3.8, 4) is 0 Å². The first-order valence-electron chi connectivity index (χ1n) is 9.30. The number of carbonyl (C=O) groups is 2. The Hall–Kier alpha value is -2.70. The van der Waals surface area contributed by atoms with Crippen LogP contribution in [-0.4, -0.2) is 51.0 Å². The van der Waals surface area contributed by atoms with E-state index in [4.69, 9.17) is 0 Å². The van der Waals surface area contributed by atoms with Gasteiger partial charge in [0.2, 0.25) is 5.91 Å². The molecule has 6 nitrogen and oxygen atoms in total. The number of benzene rings is 1. The molecule has 2 saturated heterocycles. The number of halogens is 1. The lowest BCUT2D eigenvalue weighted by Gasteiger charge is -2.39. The number of carbonyl (C=O) groups excluding carboxylic acids is 2. The molecule has 2 fully saturated rings. The van der Waals surface area contributed by atoms with E-state index < -0.39 is 5.41 Å². The molecule has 7 heteroatoms. The highest BCUT2D eigenvalue weighted by Crippen LogP contribution is 2.41. The van der Waals surface area contributed by atoms with E-state index in [1.807, 2.05) is 0 Å². The van der Waals surface area contributed by atoms with E-state index in [-0.39, 0.29) is 24.2 Å². The van der Waals surface area contributed by atoms with Gasteiger partial charge in [-0.25, -0.2) is 4.39 Å². The van der Waals surface area contributed by atoms with Crippen molar-refractivity contribution in [1.29, 1.82) is 0 Å². The molecule has 4 rings (SSSR count). The Balaban J connectivity index is 1.50. The zero-order valence-corrected chi connectivity index (χ0v) is 15.4. The number of hydrogen-bond acceptors (Lipinski definition) is 3. The van der Waals surface area contributed by atoms with Crippen molar-refractivity contribution in [2.75, 3.05) is 19.6 Å². The molecule has 3 heterocycles. The van der Waals surface area contributed by atoms with E-state index in [1.165, 1.54) is 6.07 Å². The maximum absolute atomic E-state index is 14.0. The minimum Gasteiger partial charge on any atom is -0.338 e. The van der Waals surface area contributed by atoms with Crippen molar-refractivity contribution in [3.05, 3.63) is 53.6 Å². The molecule has 0 bridgehead atoms. The quantitative estimate of drug-likeness (QED) is 0.832. The third kappa shape index (κ3) is 3.11. The number of aromatic nitrogens is 2. The number of rotatable bonds is 3. The topological polar surface area (TPSA) is 58.4 Å². The highest BCUT2D eigenvalue weighted by Gasteiger charge is 2.49. The molecule has 0 saturated carbocycles. The first-order chi connectivity index (χ1) is 13.0. The Morgan fingerprint density at radius 1 is 1.22 bits per heavy atom. The van der Waals surface area contributed by atoms with Crippen molar-refractivity contribution in [2.45, 2.75) is 25.8 Å². The lowest BCUT2D eigenvalue weighted by Crippen LogP contribution is -2.50. The Kier molecular flexibility index (Phi) is 4.45. The SMILES string of the molecule is Cn1nccc1C(=O)N1CC[C@@]2(CCCN(Cc3ccccc3F)C2=O)C1. The van der Waals surface area contributed by atoms with E-state index in [9.17, 15) is 14.0 Å². The average molecular weight is 370 g/mol. The van der Waals surface area contributed by atoms with Crippen LogP contribution in [0.5, 0.6) is 0 Å². The molecule has 1 spiro atoms. The van der Waals surface area contributed by atoms with E-state index in [0.717, 1.165) is 12.8 Å². The molecule has 142 valence electrons. The number of hydrogen-bond donors (Lipinski definition) is 0. The summed E-state index contributed by atoms with van der Waals surface area (Å²) in [5, 5.41) is 4.05. The smallest absolute Gasteiger partial charge is 0.272 e. The molecule has 0 aliphatic carbocycles. The van der Waals surface area contributed by atoms with Crippen LogP contribution in [0.4, 0.5) is 4.39 Å². The number of piperidine rings is 1. The zero-order chi connectivity index (χ0) is 19.0. The predicted octanol–water partition coefficient (Wildman–Crippen LogP) is 2.21. The normalized spacial score (nSPS) is 22.7. The van der Waals surface area contributed by atoms with E-state index in [0.29, 0.717) is 37.3 Å². The summed E-state index contributed by atoms with van der Waals surface area (Å²) in [6.45, 7) is 1.89. The lowest BCUT2D eigenvalue weighted by atomic mass is 9.78. The Bertz CT molecular complexity index is 880. The molecule has 2 aromatic rings. The van der Waals surface area contributed by atoms with Crippen molar-refractivity contribution >= 4 is 11.8 Å². The predicted molar refractivity (Wildman–Crippen MR) is 97.2 cm³/mol. The van der Waals surface area contributed by atoms with Crippen LogP contribution >= 0.6 is 0 Å². The number of aryl methyl sites for hydroxylation is 1. The van der Waals surface area contributed by atoms with Gasteiger partial charge in [-0.15, -0.1) is 0 Å². The monoisotopic (exact) mass is 370 g/mol. The molecule has 2 amide bonds. The summed E-state index contributed by atoms with van der Waals surface area (Å²) < 4.78 is 15.6. The zero-order valence-electron chi connectivity index (χ0n) is 15.4. The number of likely N-dealkylation sites (tertiary alicyclic amines) is 2. The van der Waals surface area contributed by atoms with Crippen LogP contribution in [0.15, 0.2) is 36.5 Å². The van der Waals surface area contributed by atoms with Crippen LogP contribution in [0.2, 0.25) is 0 Å². The van der Waals surface area contributed by atoms with E-state index in [1.54, 1.807) is 52.0 Å². The summed E-state index contributed by atoms with van der Waals surface area (Å²) >= 11 is 0. The lowest BCUT2D eigenvalue weighted by molar-refractivity contribution is -0.146. The fourth-order valence-corrected chi connectivity index (χ4v) is 4.31. The van der Waals surface area contributed by atoms with Gasteiger partial charge < -0.3 is 9.80 Å². The second-order valence-electron chi connectivity index (χ2n) is 7.52. The highest BCUT2D eigenvalue weighted by atomic mass is 19.1. The van der Waals surface area contributed by atoms with E-state index in [2.05, 4.69) is 5.10 Å². The second kappa shape index (κ2) is 6.79. The van der Waals surface area contributed by atoms with E-state index >= 15 is 0 Å². The van der Waals surface area contributed by atoms with Gasteiger partial charge in [0, 0.05) is 45.0 Å². The molecule has 1 aromatic carbocycles. The van der Waals surface area contributed by atoms with Crippen molar-refractivity contribution in [3.63, 3.8) is 0 Å². The third-order valence-corrected chi connectivity index (χ3v) is 5.82. The van der Waals surface area contributed by atoms with Crippen LogP contribution in [0.1, 0.15) is 35.3 Å². The molecule has 0 unspecified atom stereocenters. The fraction of sp³-hybridized carbons (Fsp3) is 0.450. The first kappa shape index (κ1) is 17.7. The number of nitrogens with zero attached hydrogens (tertiary/aromatic N) is 4.